The molecule has 22 heavy (non-hydrogen) atoms. The molecule has 0 saturated heterocycles. The minimum absolute atomic E-state index is 0.0260. The number of hydrogen-bond donors (Lipinski definition) is 2. The van der Waals surface area contributed by atoms with Crippen molar-refractivity contribution in [2.75, 3.05) is 10.6 Å². The summed E-state index contributed by atoms with van der Waals surface area (Å²) in [6.07, 6.45) is -4.59. The first-order valence-electron chi connectivity index (χ1n) is 6.12. The molecule has 1 heterocycles. The van der Waals surface area contributed by atoms with Crippen LogP contribution in [0.4, 0.5) is 29.5 Å². The molecule has 0 aliphatic carbocycles. The third-order valence-corrected chi connectivity index (χ3v) is 3.21. The standard InChI is InChI=1S/C13H12ClF3N4O/c1-7-5-11(20-21(7)2)19-12(22)18-8-3-4-10(14)9(6-8)13(15,16)17/h3-6H,1-2H3,(H2,18,19,20,22). The van der Waals surface area contributed by atoms with E-state index in [2.05, 4.69) is 15.7 Å². The van der Waals surface area contributed by atoms with Crippen LogP contribution in [-0.2, 0) is 13.2 Å². The number of nitrogens with zero attached hydrogens (tertiary/aromatic N) is 2. The third kappa shape index (κ3) is 3.70. The normalized spacial score (nSPS) is 11.4. The van der Waals surface area contributed by atoms with Gasteiger partial charge in [-0.3, -0.25) is 10.00 Å². The molecular weight excluding hydrogens is 321 g/mol. The van der Waals surface area contributed by atoms with Crippen LogP contribution in [0, 0.1) is 6.92 Å². The molecule has 0 radical (unpaired) electrons. The van der Waals surface area contributed by atoms with Gasteiger partial charge in [-0.05, 0) is 25.1 Å². The SMILES string of the molecule is Cc1cc(NC(=O)Nc2ccc(Cl)c(C(F)(F)F)c2)nn1C. The lowest BCUT2D eigenvalue weighted by Crippen LogP contribution is -2.20. The molecule has 2 N–H and O–H groups in total. The van der Waals surface area contributed by atoms with Crippen LogP contribution in [0.2, 0.25) is 5.02 Å². The zero-order valence-electron chi connectivity index (χ0n) is 11.6. The highest BCUT2D eigenvalue weighted by molar-refractivity contribution is 6.31. The van der Waals surface area contributed by atoms with E-state index in [1.54, 1.807) is 24.7 Å². The number of benzene rings is 1. The molecule has 1 aromatic carbocycles. The number of aromatic nitrogens is 2. The second-order valence-electron chi connectivity index (χ2n) is 4.57. The van der Waals surface area contributed by atoms with Crippen LogP contribution >= 0.6 is 11.6 Å². The highest BCUT2D eigenvalue weighted by Crippen LogP contribution is 2.36. The topological polar surface area (TPSA) is 59.0 Å². The Bertz CT molecular complexity index is 692. The van der Waals surface area contributed by atoms with Crippen LogP contribution in [-0.4, -0.2) is 15.8 Å². The summed E-state index contributed by atoms with van der Waals surface area (Å²) in [5.41, 5.74) is -0.219. The van der Waals surface area contributed by atoms with E-state index >= 15 is 0 Å². The minimum atomic E-state index is -4.59. The van der Waals surface area contributed by atoms with Gasteiger partial charge in [0.25, 0.3) is 0 Å². The van der Waals surface area contributed by atoms with E-state index in [1.165, 1.54) is 6.07 Å². The van der Waals surface area contributed by atoms with Crippen molar-refractivity contribution in [3.63, 3.8) is 0 Å². The van der Waals surface area contributed by atoms with Crippen molar-refractivity contribution in [1.29, 1.82) is 0 Å². The van der Waals surface area contributed by atoms with Crippen LogP contribution < -0.4 is 10.6 Å². The van der Waals surface area contributed by atoms with E-state index in [0.29, 0.717) is 5.82 Å². The van der Waals surface area contributed by atoms with Gasteiger partial charge in [0.2, 0.25) is 0 Å². The zero-order valence-corrected chi connectivity index (χ0v) is 12.4. The quantitative estimate of drug-likeness (QED) is 0.871. The van der Waals surface area contributed by atoms with E-state index in [0.717, 1.165) is 17.8 Å². The predicted molar refractivity (Wildman–Crippen MR) is 77.0 cm³/mol. The number of halogens is 4. The van der Waals surface area contributed by atoms with Crippen molar-refractivity contribution >= 4 is 29.1 Å². The summed E-state index contributed by atoms with van der Waals surface area (Å²) in [5, 5.41) is 8.30. The third-order valence-electron chi connectivity index (χ3n) is 2.89. The van der Waals surface area contributed by atoms with Crippen molar-refractivity contribution in [3.8, 4) is 0 Å². The van der Waals surface area contributed by atoms with E-state index < -0.39 is 22.8 Å². The molecule has 0 saturated carbocycles. The van der Waals surface area contributed by atoms with Crippen molar-refractivity contribution in [1.82, 2.24) is 9.78 Å². The Morgan fingerprint density at radius 3 is 2.50 bits per heavy atom. The summed E-state index contributed by atoms with van der Waals surface area (Å²) < 4.78 is 39.8. The van der Waals surface area contributed by atoms with Gasteiger partial charge in [-0.1, -0.05) is 11.6 Å². The average molecular weight is 333 g/mol. The Hall–Kier alpha value is -2.22. The Balaban J connectivity index is 2.12. The predicted octanol–water partition coefficient (Wildman–Crippen LogP) is 4.04. The Kier molecular flexibility index (Phi) is 4.32. The molecule has 0 unspecified atom stereocenters. The van der Waals surface area contributed by atoms with Gasteiger partial charge in [0.15, 0.2) is 5.82 Å². The van der Waals surface area contributed by atoms with Crippen LogP contribution in [0.25, 0.3) is 0 Å². The number of carbonyl (C=O) groups is 1. The molecular formula is C13H12ClF3N4O. The molecule has 2 amide bonds. The molecule has 9 heteroatoms. The molecule has 0 spiro atoms. The van der Waals surface area contributed by atoms with Gasteiger partial charge in [0, 0.05) is 24.5 Å². The number of carbonyl (C=O) groups excluding carboxylic acids is 1. The Morgan fingerprint density at radius 1 is 1.27 bits per heavy atom. The number of rotatable bonds is 2. The van der Waals surface area contributed by atoms with Crippen molar-refractivity contribution in [2.24, 2.45) is 7.05 Å². The van der Waals surface area contributed by atoms with Gasteiger partial charge in [-0.2, -0.15) is 18.3 Å². The van der Waals surface area contributed by atoms with E-state index in [4.69, 9.17) is 11.6 Å². The second kappa shape index (κ2) is 5.88. The maximum atomic E-state index is 12.7. The van der Waals surface area contributed by atoms with Crippen LogP contribution in [0.3, 0.4) is 0 Å². The maximum Gasteiger partial charge on any atom is 0.417 e. The van der Waals surface area contributed by atoms with E-state index in [1.807, 2.05) is 0 Å². The van der Waals surface area contributed by atoms with E-state index in [9.17, 15) is 18.0 Å². The summed E-state index contributed by atoms with van der Waals surface area (Å²) in [6.45, 7) is 1.80. The molecule has 0 aliphatic heterocycles. The molecule has 118 valence electrons. The van der Waals surface area contributed by atoms with Gasteiger partial charge in [0.1, 0.15) is 0 Å². The van der Waals surface area contributed by atoms with Gasteiger partial charge < -0.3 is 5.32 Å². The van der Waals surface area contributed by atoms with Crippen LogP contribution in [0.1, 0.15) is 11.3 Å². The number of aryl methyl sites for hydroxylation is 2. The van der Waals surface area contributed by atoms with Crippen molar-refractivity contribution in [3.05, 3.63) is 40.5 Å². The lowest BCUT2D eigenvalue weighted by atomic mass is 10.2. The molecule has 1 aromatic heterocycles. The number of urea groups is 1. The first-order chi connectivity index (χ1) is 10.2. The molecule has 0 bridgehead atoms. The number of nitrogens with one attached hydrogen (secondary N) is 2. The van der Waals surface area contributed by atoms with Crippen molar-refractivity contribution < 1.29 is 18.0 Å². The van der Waals surface area contributed by atoms with Gasteiger partial charge in [0.05, 0.1) is 10.6 Å². The largest absolute Gasteiger partial charge is 0.417 e. The molecule has 5 nitrogen and oxygen atoms in total. The van der Waals surface area contributed by atoms with Crippen molar-refractivity contribution in [2.45, 2.75) is 13.1 Å². The summed E-state index contributed by atoms with van der Waals surface area (Å²) >= 11 is 5.51. The fourth-order valence-corrected chi connectivity index (χ4v) is 1.95. The van der Waals surface area contributed by atoms with Gasteiger partial charge >= 0.3 is 12.2 Å². The molecule has 0 aliphatic rings. The lowest BCUT2D eigenvalue weighted by Gasteiger charge is -2.11. The summed E-state index contributed by atoms with van der Waals surface area (Å²) in [7, 11) is 1.70. The second-order valence-corrected chi connectivity index (χ2v) is 4.97. The average Bonchev–Trinajstić information content (AvgIpc) is 2.69. The minimum Gasteiger partial charge on any atom is -0.308 e. The number of amides is 2. The molecule has 0 fully saturated rings. The highest BCUT2D eigenvalue weighted by Gasteiger charge is 2.33. The first kappa shape index (κ1) is 16.2. The summed E-state index contributed by atoms with van der Waals surface area (Å²) in [4.78, 5) is 11.8. The smallest absolute Gasteiger partial charge is 0.308 e. The number of hydrogen-bond acceptors (Lipinski definition) is 2. The highest BCUT2D eigenvalue weighted by atomic mass is 35.5. The zero-order chi connectivity index (χ0) is 16.5. The molecule has 0 atom stereocenters. The van der Waals surface area contributed by atoms with Crippen LogP contribution in [0.15, 0.2) is 24.3 Å². The maximum absolute atomic E-state index is 12.7. The number of anilines is 2. The fourth-order valence-electron chi connectivity index (χ4n) is 1.72. The van der Waals surface area contributed by atoms with E-state index in [-0.39, 0.29) is 5.69 Å². The summed E-state index contributed by atoms with van der Waals surface area (Å²) in [6, 6.07) is 4.05. The lowest BCUT2D eigenvalue weighted by molar-refractivity contribution is -0.137. The summed E-state index contributed by atoms with van der Waals surface area (Å²) in [5.74, 6) is 0.294. The Morgan fingerprint density at radius 2 is 1.95 bits per heavy atom. The molecule has 2 aromatic rings. The van der Waals surface area contributed by atoms with Gasteiger partial charge in [-0.25, -0.2) is 4.79 Å². The number of alkyl halides is 3. The first-order valence-corrected chi connectivity index (χ1v) is 6.50. The molecule has 2 rings (SSSR count). The van der Waals surface area contributed by atoms with Crippen LogP contribution in [0.5, 0.6) is 0 Å². The Labute approximate surface area is 129 Å². The van der Waals surface area contributed by atoms with Gasteiger partial charge in [-0.15, -0.1) is 0 Å². The monoisotopic (exact) mass is 332 g/mol. The fraction of sp³-hybridized carbons (Fsp3) is 0.231.